The molecule has 4 nitrogen and oxygen atoms in total. The number of hydrogen-bond donors (Lipinski definition) is 2. The van der Waals surface area contributed by atoms with Crippen molar-refractivity contribution in [3.8, 4) is 5.75 Å². The van der Waals surface area contributed by atoms with Gasteiger partial charge in [-0.3, -0.25) is 4.79 Å². The van der Waals surface area contributed by atoms with Gasteiger partial charge in [0.15, 0.2) is 0 Å². The van der Waals surface area contributed by atoms with Crippen LogP contribution in [-0.4, -0.2) is 29.0 Å². The number of benzene rings is 1. The number of fused-ring (bicyclic) bond motifs is 1. The molecule has 1 aliphatic heterocycles. The van der Waals surface area contributed by atoms with Crippen LogP contribution >= 0.6 is 0 Å². The highest BCUT2D eigenvalue weighted by atomic mass is 16.3. The molecular formula is C17H26N2O2. The normalized spacial score (nSPS) is 14.9. The van der Waals surface area contributed by atoms with Crippen molar-refractivity contribution in [3.05, 3.63) is 29.3 Å². The smallest absolute Gasteiger partial charge is 0.222 e. The average molecular weight is 290 g/mol. The Labute approximate surface area is 126 Å². The van der Waals surface area contributed by atoms with Gasteiger partial charge in [0, 0.05) is 19.5 Å². The second-order valence-corrected chi connectivity index (χ2v) is 6.72. The highest BCUT2D eigenvalue weighted by Crippen LogP contribution is 2.28. The first-order chi connectivity index (χ1) is 9.91. The molecule has 0 atom stereocenters. The number of rotatable bonds is 5. The van der Waals surface area contributed by atoms with Crippen molar-refractivity contribution in [1.29, 1.82) is 0 Å². The van der Waals surface area contributed by atoms with Crippen LogP contribution in [0.1, 0.15) is 44.2 Å². The summed E-state index contributed by atoms with van der Waals surface area (Å²) in [5.41, 5.74) is 8.04. The summed E-state index contributed by atoms with van der Waals surface area (Å²) in [5.74, 6) is 0.473. The van der Waals surface area contributed by atoms with Crippen LogP contribution in [0.2, 0.25) is 0 Å². The molecule has 0 saturated heterocycles. The van der Waals surface area contributed by atoms with E-state index in [2.05, 4.69) is 13.8 Å². The molecule has 1 aromatic rings. The third-order valence-corrected chi connectivity index (χ3v) is 4.39. The highest BCUT2D eigenvalue weighted by Gasteiger charge is 2.24. The lowest BCUT2D eigenvalue weighted by Gasteiger charge is -2.30. The van der Waals surface area contributed by atoms with Crippen molar-refractivity contribution < 1.29 is 9.90 Å². The number of phenolic OH excluding ortho intramolecular Hbond substituents is 1. The maximum Gasteiger partial charge on any atom is 0.222 e. The number of hydrogen-bond acceptors (Lipinski definition) is 3. The molecule has 21 heavy (non-hydrogen) atoms. The molecule has 0 bridgehead atoms. The summed E-state index contributed by atoms with van der Waals surface area (Å²) >= 11 is 0. The Morgan fingerprint density at radius 2 is 2.10 bits per heavy atom. The molecule has 0 aliphatic carbocycles. The summed E-state index contributed by atoms with van der Waals surface area (Å²) in [7, 11) is 0. The number of amides is 1. The maximum absolute atomic E-state index is 12.4. The van der Waals surface area contributed by atoms with Gasteiger partial charge in [-0.15, -0.1) is 0 Å². The summed E-state index contributed by atoms with van der Waals surface area (Å²) in [6.45, 7) is 6.37. The molecule has 116 valence electrons. The zero-order valence-electron chi connectivity index (χ0n) is 13.1. The van der Waals surface area contributed by atoms with Crippen LogP contribution in [0, 0.1) is 5.41 Å². The van der Waals surface area contributed by atoms with Crippen molar-refractivity contribution in [3.63, 3.8) is 0 Å². The van der Waals surface area contributed by atoms with Gasteiger partial charge in [-0.2, -0.15) is 0 Å². The van der Waals surface area contributed by atoms with Crippen LogP contribution in [-0.2, 0) is 17.8 Å². The first-order valence-electron chi connectivity index (χ1n) is 7.70. The fourth-order valence-corrected chi connectivity index (χ4v) is 2.88. The summed E-state index contributed by atoms with van der Waals surface area (Å²) in [6, 6.07) is 5.44. The molecule has 3 N–H and O–H groups in total. The molecule has 0 aromatic heterocycles. The van der Waals surface area contributed by atoms with Gasteiger partial charge in [-0.25, -0.2) is 0 Å². The molecule has 0 saturated carbocycles. The number of carbonyl (C=O) groups excluding carboxylic acids is 1. The van der Waals surface area contributed by atoms with Crippen LogP contribution in [0.4, 0.5) is 0 Å². The van der Waals surface area contributed by atoms with Gasteiger partial charge < -0.3 is 15.7 Å². The van der Waals surface area contributed by atoms with Crippen LogP contribution < -0.4 is 5.73 Å². The number of nitrogens with zero attached hydrogens (tertiary/aromatic N) is 1. The Kier molecular flexibility index (Phi) is 4.88. The second-order valence-electron chi connectivity index (χ2n) is 6.72. The topological polar surface area (TPSA) is 66.6 Å². The van der Waals surface area contributed by atoms with Gasteiger partial charge in [0.2, 0.25) is 5.91 Å². The fourth-order valence-electron chi connectivity index (χ4n) is 2.88. The Balaban J connectivity index is 1.93. The SMILES string of the molecule is CC(C)(CCN)CCC(=O)N1CCc2ccc(O)cc2C1. The van der Waals surface area contributed by atoms with Crippen LogP contribution in [0.3, 0.4) is 0 Å². The van der Waals surface area contributed by atoms with E-state index in [-0.39, 0.29) is 17.1 Å². The maximum atomic E-state index is 12.4. The minimum atomic E-state index is 0.121. The predicted molar refractivity (Wildman–Crippen MR) is 83.9 cm³/mol. The van der Waals surface area contributed by atoms with E-state index in [1.807, 2.05) is 11.0 Å². The molecule has 1 amide bonds. The molecule has 0 unspecified atom stereocenters. The van der Waals surface area contributed by atoms with E-state index in [1.54, 1.807) is 12.1 Å². The number of phenols is 1. The summed E-state index contributed by atoms with van der Waals surface area (Å²) in [6.07, 6.45) is 3.25. The van der Waals surface area contributed by atoms with E-state index in [0.717, 1.165) is 31.4 Å². The van der Waals surface area contributed by atoms with E-state index in [9.17, 15) is 9.90 Å². The minimum Gasteiger partial charge on any atom is -0.508 e. The molecule has 1 aromatic carbocycles. The van der Waals surface area contributed by atoms with Crippen LogP contribution in [0.15, 0.2) is 18.2 Å². The molecule has 0 fully saturated rings. The predicted octanol–water partition coefficient (Wildman–Crippen LogP) is 2.43. The van der Waals surface area contributed by atoms with Crippen molar-refractivity contribution in [2.75, 3.05) is 13.1 Å². The molecule has 2 rings (SSSR count). The van der Waals surface area contributed by atoms with Gasteiger partial charge in [-0.1, -0.05) is 19.9 Å². The third kappa shape index (κ3) is 4.21. The first-order valence-corrected chi connectivity index (χ1v) is 7.70. The van der Waals surface area contributed by atoms with Gasteiger partial charge in [-0.05, 0) is 54.5 Å². The van der Waals surface area contributed by atoms with Crippen molar-refractivity contribution >= 4 is 5.91 Å². The number of nitrogens with two attached hydrogens (primary N) is 1. The monoisotopic (exact) mass is 290 g/mol. The number of carbonyl (C=O) groups is 1. The molecule has 4 heteroatoms. The van der Waals surface area contributed by atoms with Crippen molar-refractivity contribution in [2.45, 2.75) is 46.1 Å². The van der Waals surface area contributed by atoms with Crippen LogP contribution in [0.5, 0.6) is 5.75 Å². The Hall–Kier alpha value is -1.55. The van der Waals surface area contributed by atoms with Crippen molar-refractivity contribution in [2.24, 2.45) is 11.1 Å². The lowest BCUT2D eigenvalue weighted by atomic mass is 9.84. The van der Waals surface area contributed by atoms with Gasteiger partial charge in [0.1, 0.15) is 5.75 Å². The molecule has 1 aliphatic rings. The van der Waals surface area contributed by atoms with Gasteiger partial charge >= 0.3 is 0 Å². The average Bonchev–Trinajstić information content (AvgIpc) is 2.44. The summed E-state index contributed by atoms with van der Waals surface area (Å²) in [5, 5.41) is 9.57. The minimum absolute atomic E-state index is 0.121. The van der Waals surface area contributed by atoms with E-state index in [0.29, 0.717) is 19.5 Å². The Morgan fingerprint density at radius 3 is 2.81 bits per heavy atom. The van der Waals surface area contributed by atoms with Crippen molar-refractivity contribution in [1.82, 2.24) is 4.90 Å². The first kappa shape index (κ1) is 15.8. The Bertz CT molecular complexity index is 512. The summed E-state index contributed by atoms with van der Waals surface area (Å²) < 4.78 is 0. The molecule has 0 radical (unpaired) electrons. The number of aromatic hydroxyl groups is 1. The zero-order chi connectivity index (χ0) is 15.5. The van der Waals surface area contributed by atoms with Crippen LogP contribution in [0.25, 0.3) is 0 Å². The van der Waals surface area contributed by atoms with E-state index >= 15 is 0 Å². The Morgan fingerprint density at radius 1 is 1.33 bits per heavy atom. The summed E-state index contributed by atoms with van der Waals surface area (Å²) in [4.78, 5) is 14.3. The standard InChI is InChI=1S/C17H26N2O2/c1-17(2,8-9-18)7-5-16(21)19-10-6-13-3-4-15(20)11-14(13)12-19/h3-4,11,20H,5-10,12,18H2,1-2H3. The quantitative estimate of drug-likeness (QED) is 0.875. The zero-order valence-corrected chi connectivity index (χ0v) is 13.1. The molecular weight excluding hydrogens is 264 g/mol. The second kappa shape index (κ2) is 6.48. The highest BCUT2D eigenvalue weighted by molar-refractivity contribution is 5.76. The molecule has 0 spiro atoms. The van der Waals surface area contributed by atoms with Gasteiger partial charge in [0.25, 0.3) is 0 Å². The largest absolute Gasteiger partial charge is 0.508 e. The van der Waals surface area contributed by atoms with E-state index < -0.39 is 0 Å². The molecule has 1 heterocycles. The lowest BCUT2D eigenvalue weighted by Crippen LogP contribution is -2.36. The van der Waals surface area contributed by atoms with E-state index in [4.69, 9.17) is 5.73 Å². The lowest BCUT2D eigenvalue weighted by molar-refractivity contribution is -0.132. The third-order valence-electron chi connectivity index (χ3n) is 4.39. The van der Waals surface area contributed by atoms with Gasteiger partial charge in [0.05, 0.1) is 0 Å². The van der Waals surface area contributed by atoms with E-state index in [1.165, 1.54) is 5.56 Å². The fraction of sp³-hybridized carbons (Fsp3) is 0.588.